The molecule has 2 amide bonds. The van der Waals surface area contributed by atoms with Crippen molar-refractivity contribution in [3.05, 3.63) is 0 Å². The van der Waals surface area contributed by atoms with Crippen LogP contribution in [-0.2, 0) is 0 Å². The van der Waals surface area contributed by atoms with Crippen LogP contribution >= 0.6 is 0 Å². The molecule has 1 aliphatic carbocycles. The van der Waals surface area contributed by atoms with Crippen LogP contribution in [0.3, 0.4) is 0 Å². The topological polar surface area (TPSA) is 56.1 Å². The molecular weight excluding hydrogens is 271 g/mol. The van der Waals surface area contributed by atoms with Crippen molar-refractivity contribution >= 4 is 6.03 Å². The highest BCUT2D eigenvalue weighted by atomic mass is 19.4. The fourth-order valence-electron chi connectivity index (χ4n) is 2.46. The van der Waals surface area contributed by atoms with Crippen LogP contribution < -0.4 is 5.32 Å². The van der Waals surface area contributed by atoms with E-state index in [2.05, 4.69) is 5.32 Å². The van der Waals surface area contributed by atoms with Crippen LogP contribution in [0.5, 0.6) is 0 Å². The summed E-state index contributed by atoms with van der Waals surface area (Å²) in [6, 6.07) is -1.09. The molecule has 0 saturated heterocycles. The molecule has 1 saturated carbocycles. The zero-order valence-electron chi connectivity index (χ0n) is 11.7. The zero-order valence-corrected chi connectivity index (χ0v) is 11.7. The summed E-state index contributed by atoms with van der Waals surface area (Å²) in [5.41, 5.74) is 0. The van der Waals surface area contributed by atoms with Gasteiger partial charge in [0.2, 0.25) is 0 Å². The molecule has 0 aliphatic heterocycles. The summed E-state index contributed by atoms with van der Waals surface area (Å²) in [5, 5.41) is 10.7. The molecule has 0 bridgehead atoms. The number of nitrogens with zero attached hydrogens (tertiary/aromatic N) is 2. The number of urea groups is 1. The molecule has 1 rings (SSSR count). The lowest BCUT2D eigenvalue weighted by molar-refractivity contribution is -0.165. The molecular formula is C13H20F3N3O. The number of hydrogen-bond donors (Lipinski definition) is 1. The first kappa shape index (κ1) is 16.6. The van der Waals surface area contributed by atoms with E-state index in [0.717, 1.165) is 17.7 Å². The minimum Gasteiger partial charge on any atom is -0.326 e. The summed E-state index contributed by atoms with van der Waals surface area (Å²) in [4.78, 5) is 13.0. The average Bonchev–Trinajstić information content (AvgIpc) is 2.86. The lowest BCUT2D eigenvalue weighted by Crippen LogP contribution is -2.54. The summed E-state index contributed by atoms with van der Waals surface area (Å²) in [5.74, 6) is -0.543. The third-order valence-corrected chi connectivity index (χ3v) is 3.87. The Morgan fingerprint density at radius 1 is 1.45 bits per heavy atom. The number of nitriles is 1. The molecule has 1 N–H and O–H groups in total. The lowest BCUT2D eigenvalue weighted by atomic mass is 9.98. The van der Waals surface area contributed by atoms with E-state index in [4.69, 9.17) is 5.26 Å². The monoisotopic (exact) mass is 291 g/mol. The molecule has 0 aromatic heterocycles. The molecule has 0 spiro atoms. The van der Waals surface area contributed by atoms with Crippen molar-refractivity contribution in [3.63, 3.8) is 0 Å². The van der Waals surface area contributed by atoms with Crippen molar-refractivity contribution in [2.45, 2.75) is 57.3 Å². The zero-order chi connectivity index (χ0) is 15.3. The Labute approximate surface area is 116 Å². The van der Waals surface area contributed by atoms with Crippen molar-refractivity contribution < 1.29 is 18.0 Å². The van der Waals surface area contributed by atoms with Gasteiger partial charge in [-0.2, -0.15) is 18.4 Å². The standard InChI is InChI=1S/C13H20F3N3O/c1-9(7-8-17)19(2)12(20)18-11(13(14,15)16)10-5-3-4-6-10/h9-11H,3-7H2,1-2H3,(H,18,20)/t9-,11-/m1/s1. The van der Waals surface area contributed by atoms with E-state index >= 15 is 0 Å². The maximum atomic E-state index is 13.1. The highest BCUT2D eigenvalue weighted by molar-refractivity contribution is 5.74. The van der Waals surface area contributed by atoms with E-state index in [1.165, 1.54) is 7.05 Å². The summed E-state index contributed by atoms with van der Waals surface area (Å²) >= 11 is 0. The third-order valence-electron chi connectivity index (χ3n) is 3.87. The fraction of sp³-hybridized carbons (Fsp3) is 0.846. The van der Waals surface area contributed by atoms with Gasteiger partial charge < -0.3 is 10.2 Å². The fourth-order valence-corrected chi connectivity index (χ4v) is 2.46. The molecule has 20 heavy (non-hydrogen) atoms. The van der Waals surface area contributed by atoms with Gasteiger partial charge in [0.05, 0.1) is 12.5 Å². The predicted octanol–water partition coefficient (Wildman–Crippen LogP) is 3.05. The number of rotatable bonds is 4. The van der Waals surface area contributed by atoms with Gasteiger partial charge in [-0.3, -0.25) is 0 Å². The van der Waals surface area contributed by atoms with Crippen LogP contribution in [0.25, 0.3) is 0 Å². The highest BCUT2D eigenvalue weighted by Gasteiger charge is 2.46. The lowest BCUT2D eigenvalue weighted by Gasteiger charge is -2.31. The van der Waals surface area contributed by atoms with E-state index in [1.54, 1.807) is 6.92 Å². The van der Waals surface area contributed by atoms with Gasteiger partial charge in [0.25, 0.3) is 0 Å². The Bertz CT molecular complexity index is 372. The average molecular weight is 291 g/mol. The number of carbonyl (C=O) groups is 1. The van der Waals surface area contributed by atoms with E-state index < -0.39 is 30.2 Å². The van der Waals surface area contributed by atoms with Crippen molar-refractivity contribution in [2.24, 2.45) is 5.92 Å². The van der Waals surface area contributed by atoms with E-state index in [1.807, 2.05) is 6.07 Å². The van der Waals surface area contributed by atoms with Crippen LogP contribution in [-0.4, -0.2) is 36.2 Å². The first-order valence-electron chi connectivity index (χ1n) is 6.74. The molecule has 114 valence electrons. The van der Waals surface area contributed by atoms with Gasteiger partial charge in [0.1, 0.15) is 6.04 Å². The van der Waals surface area contributed by atoms with Crippen LogP contribution in [0.2, 0.25) is 0 Å². The Balaban J connectivity index is 2.70. The van der Waals surface area contributed by atoms with E-state index in [0.29, 0.717) is 12.8 Å². The molecule has 0 aromatic rings. The summed E-state index contributed by atoms with van der Waals surface area (Å²) in [7, 11) is 1.40. The second kappa shape index (κ2) is 6.82. The number of halogens is 3. The molecule has 1 fully saturated rings. The number of alkyl halides is 3. The third kappa shape index (κ3) is 4.29. The summed E-state index contributed by atoms with van der Waals surface area (Å²) in [6.07, 6.45) is -1.83. The molecule has 0 unspecified atom stereocenters. The minimum absolute atomic E-state index is 0.0873. The van der Waals surface area contributed by atoms with Gasteiger partial charge >= 0.3 is 12.2 Å². The maximum absolute atomic E-state index is 13.1. The van der Waals surface area contributed by atoms with Gasteiger partial charge in [-0.25, -0.2) is 4.79 Å². The van der Waals surface area contributed by atoms with E-state index in [9.17, 15) is 18.0 Å². The first-order chi connectivity index (χ1) is 9.27. The van der Waals surface area contributed by atoms with Gasteiger partial charge in [0.15, 0.2) is 0 Å². The molecule has 0 radical (unpaired) electrons. The molecule has 0 aromatic carbocycles. The van der Waals surface area contributed by atoms with Crippen molar-refractivity contribution in [1.29, 1.82) is 5.26 Å². The quantitative estimate of drug-likeness (QED) is 0.865. The maximum Gasteiger partial charge on any atom is 0.408 e. The second-order valence-electron chi connectivity index (χ2n) is 5.34. The Kier molecular flexibility index (Phi) is 5.66. The second-order valence-corrected chi connectivity index (χ2v) is 5.34. The van der Waals surface area contributed by atoms with Crippen molar-refractivity contribution in [1.82, 2.24) is 10.2 Å². The van der Waals surface area contributed by atoms with Crippen molar-refractivity contribution in [3.8, 4) is 6.07 Å². The van der Waals surface area contributed by atoms with Gasteiger partial charge in [-0.05, 0) is 25.7 Å². The molecule has 7 heteroatoms. The Hall–Kier alpha value is -1.45. The predicted molar refractivity (Wildman–Crippen MR) is 67.8 cm³/mol. The molecule has 1 aliphatic rings. The minimum atomic E-state index is -4.44. The van der Waals surface area contributed by atoms with Gasteiger partial charge in [-0.1, -0.05) is 12.8 Å². The number of nitrogens with one attached hydrogen (secondary N) is 1. The smallest absolute Gasteiger partial charge is 0.326 e. The number of hydrogen-bond acceptors (Lipinski definition) is 2. The normalized spacial score (nSPS) is 19.2. The van der Waals surface area contributed by atoms with Crippen LogP contribution in [0.1, 0.15) is 39.0 Å². The van der Waals surface area contributed by atoms with E-state index in [-0.39, 0.29) is 6.42 Å². The Morgan fingerprint density at radius 2 is 2.00 bits per heavy atom. The largest absolute Gasteiger partial charge is 0.408 e. The first-order valence-corrected chi connectivity index (χ1v) is 6.74. The summed E-state index contributed by atoms with van der Waals surface area (Å²) in [6.45, 7) is 1.63. The summed E-state index contributed by atoms with van der Waals surface area (Å²) < 4.78 is 39.2. The van der Waals surface area contributed by atoms with Crippen LogP contribution in [0.15, 0.2) is 0 Å². The Morgan fingerprint density at radius 3 is 2.45 bits per heavy atom. The molecule has 2 atom stereocenters. The highest BCUT2D eigenvalue weighted by Crippen LogP contribution is 2.35. The van der Waals surface area contributed by atoms with Gasteiger partial charge in [-0.15, -0.1) is 0 Å². The van der Waals surface area contributed by atoms with Gasteiger partial charge in [0, 0.05) is 13.1 Å². The van der Waals surface area contributed by atoms with Crippen molar-refractivity contribution in [2.75, 3.05) is 7.05 Å². The molecule has 4 nitrogen and oxygen atoms in total. The van der Waals surface area contributed by atoms with Crippen LogP contribution in [0, 0.1) is 17.2 Å². The van der Waals surface area contributed by atoms with Crippen LogP contribution in [0.4, 0.5) is 18.0 Å². The number of carbonyl (C=O) groups excluding carboxylic acids is 1. The molecule has 0 heterocycles. The SMILES string of the molecule is C[C@H](CC#N)N(C)C(=O)N[C@H](C1CCCC1)C(F)(F)F. The number of amides is 2.